The fourth-order valence-electron chi connectivity index (χ4n) is 2.04. The average molecular weight is 282 g/mol. The maximum Gasteiger partial charge on any atom is 0.118 e. The highest BCUT2D eigenvalue weighted by Gasteiger charge is 2.12. The third kappa shape index (κ3) is 6.55. The minimum atomic E-state index is 0.484. The number of ether oxygens (including phenoxy) is 1. The van der Waals surface area contributed by atoms with Gasteiger partial charge in [-0.2, -0.15) is 0 Å². The Bertz CT molecular complexity index is 361. The first kappa shape index (κ1) is 17.2. The van der Waals surface area contributed by atoms with Crippen LogP contribution in [0.4, 0.5) is 0 Å². The van der Waals surface area contributed by atoms with Gasteiger partial charge in [0.05, 0.1) is 19.4 Å². The van der Waals surface area contributed by atoms with Crippen LogP contribution >= 0.6 is 0 Å². The molecule has 1 heterocycles. The minimum absolute atomic E-state index is 0.484. The smallest absolute Gasteiger partial charge is 0.118 e. The second-order valence-electron chi connectivity index (χ2n) is 6.00. The highest BCUT2D eigenvalue weighted by molar-refractivity contribution is 5.12. The quantitative estimate of drug-likeness (QED) is 0.716. The summed E-state index contributed by atoms with van der Waals surface area (Å²) in [5.41, 5.74) is 1.22. The lowest BCUT2D eigenvalue weighted by Crippen LogP contribution is -2.33. The molecule has 1 aromatic rings. The summed E-state index contributed by atoms with van der Waals surface area (Å²) in [5.74, 6) is 1.70. The molecule has 0 spiro atoms. The number of methoxy groups -OCH3 is 1. The zero-order valence-corrected chi connectivity index (χ0v) is 13.6. The second-order valence-corrected chi connectivity index (χ2v) is 6.00. The van der Waals surface area contributed by atoms with Crippen molar-refractivity contribution in [2.24, 2.45) is 5.92 Å². The molecule has 0 unspecified atom stereocenters. The topological polar surface area (TPSA) is 37.6 Å². The van der Waals surface area contributed by atoms with Crippen molar-refractivity contribution in [2.45, 2.75) is 46.8 Å². The number of nitrogens with one attached hydrogen (secondary N) is 1. The average Bonchev–Trinajstić information content (AvgIpc) is 2.81. The molecule has 1 aromatic heterocycles. The Morgan fingerprint density at radius 2 is 2.05 bits per heavy atom. The maximum atomic E-state index is 5.66. The van der Waals surface area contributed by atoms with E-state index in [9.17, 15) is 0 Å². The molecule has 0 saturated carbocycles. The van der Waals surface area contributed by atoms with Gasteiger partial charge >= 0.3 is 0 Å². The Morgan fingerprint density at radius 3 is 2.65 bits per heavy atom. The van der Waals surface area contributed by atoms with Crippen molar-refractivity contribution in [1.29, 1.82) is 0 Å². The van der Waals surface area contributed by atoms with Gasteiger partial charge in [-0.1, -0.05) is 13.8 Å². The van der Waals surface area contributed by atoms with E-state index in [-0.39, 0.29) is 0 Å². The van der Waals surface area contributed by atoms with Gasteiger partial charge in [0, 0.05) is 31.8 Å². The summed E-state index contributed by atoms with van der Waals surface area (Å²) in [6.45, 7) is 13.2. The van der Waals surface area contributed by atoms with Gasteiger partial charge in [-0.25, -0.2) is 0 Å². The van der Waals surface area contributed by atoms with Crippen LogP contribution in [0.2, 0.25) is 0 Å². The van der Waals surface area contributed by atoms with E-state index in [1.807, 2.05) is 6.26 Å². The Labute approximate surface area is 123 Å². The Balaban J connectivity index is 2.44. The Morgan fingerprint density at radius 1 is 1.30 bits per heavy atom. The standard InChI is InChI=1S/C16H30N2O2/c1-13(2)9-17-10-15-8-16(20-12-15)11-18(14(3)4)6-7-19-5/h8,12-14,17H,6-7,9-11H2,1-5H3. The molecule has 116 valence electrons. The van der Waals surface area contributed by atoms with Gasteiger partial charge in [-0.15, -0.1) is 0 Å². The zero-order valence-electron chi connectivity index (χ0n) is 13.6. The summed E-state index contributed by atoms with van der Waals surface area (Å²) < 4.78 is 10.8. The van der Waals surface area contributed by atoms with Crippen molar-refractivity contribution in [2.75, 3.05) is 26.8 Å². The van der Waals surface area contributed by atoms with E-state index in [1.54, 1.807) is 7.11 Å². The molecule has 0 bridgehead atoms. The van der Waals surface area contributed by atoms with Crippen LogP contribution in [-0.2, 0) is 17.8 Å². The molecule has 0 aliphatic rings. The van der Waals surface area contributed by atoms with Crippen molar-refractivity contribution in [3.8, 4) is 0 Å². The summed E-state index contributed by atoms with van der Waals surface area (Å²) in [5, 5.41) is 3.43. The van der Waals surface area contributed by atoms with Crippen molar-refractivity contribution < 1.29 is 9.15 Å². The van der Waals surface area contributed by atoms with Crippen LogP contribution in [0.1, 0.15) is 39.0 Å². The van der Waals surface area contributed by atoms with Crippen molar-refractivity contribution in [3.63, 3.8) is 0 Å². The van der Waals surface area contributed by atoms with Crippen LogP contribution in [0.15, 0.2) is 16.7 Å². The van der Waals surface area contributed by atoms with Crippen molar-refractivity contribution in [3.05, 3.63) is 23.7 Å². The summed E-state index contributed by atoms with van der Waals surface area (Å²) in [4.78, 5) is 2.35. The number of rotatable bonds is 10. The molecule has 0 aliphatic heterocycles. The second kappa shape index (κ2) is 9.16. The zero-order chi connectivity index (χ0) is 15.0. The van der Waals surface area contributed by atoms with Gasteiger partial charge < -0.3 is 14.5 Å². The minimum Gasteiger partial charge on any atom is -0.468 e. The van der Waals surface area contributed by atoms with Crippen LogP contribution < -0.4 is 5.32 Å². The van der Waals surface area contributed by atoms with Crippen molar-refractivity contribution in [1.82, 2.24) is 10.2 Å². The summed E-state index contributed by atoms with van der Waals surface area (Å²) in [7, 11) is 1.74. The maximum absolute atomic E-state index is 5.66. The van der Waals surface area contributed by atoms with Crippen LogP contribution in [0.25, 0.3) is 0 Å². The molecule has 1 rings (SSSR count). The van der Waals surface area contributed by atoms with E-state index < -0.39 is 0 Å². The van der Waals surface area contributed by atoms with Crippen LogP contribution in [-0.4, -0.2) is 37.7 Å². The molecular formula is C16H30N2O2. The molecule has 0 atom stereocenters. The monoisotopic (exact) mass is 282 g/mol. The van der Waals surface area contributed by atoms with E-state index in [0.717, 1.165) is 38.5 Å². The van der Waals surface area contributed by atoms with E-state index in [1.165, 1.54) is 5.56 Å². The molecule has 4 nitrogen and oxygen atoms in total. The van der Waals surface area contributed by atoms with Crippen LogP contribution in [0.5, 0.6) is 0 Å². The predicted octanol–water partition coefficient (Wildman–Crippen LogP) is 2.88. The molecule has 4 heteroatoms. The lowest BCUT2D eigenvalue weighted by Gasteiger charge is -2.24. The lowest BCUT2D eigenvalue weighted by molar-refractivity contribution is 0.119. The lowest BCUT2D eigenvalue weighted by atomic mass is 10.2. The largest absolute Gasteiger partial charge is 0.468 e. The molecule has 0 saturated heterocycles. The molecule has 0 radical (unpaired) electrons. The normalized spacial score (nSPS) is 12.0. The predicted molar refractivity (Wildman–Crippen MR) is 82.7 cm³/mol. The number of nitrogens with zero attached hydrogens (tertiary/aromatic N) is 1. The highest BCUT2D eigenvalue weighted by atomic mass is 16.5. The number of hydrogen-bond donors (Lipinski definition) is 1. The molecule has 0 aromatic carbocycles. The van der Waals surface area contributed by atoms with Gasteiger partial charge in [-0.3, -0.25) is 4.90 Å². The van der Waals surface area contributed by atoms with Crippen LogP contribution in [0, 0.1) is 5.92 Å². The van der Waals surface area contributed by atoms with E-state index in [2.05, 4.69) is 44.0 Å². The SMILES string of the molecule is COCCN(Cc1cc(CNCC(C)C)co1)C(C)C. The first-order valence-corrected chi connectivity index (χ1v) is 7.53. The highest BCUT2D eigenvalue weighted by Crippen LogP contribution is 2.12. The third-order valence-electron chi connectivity index (χ3n) is 3.26. The van der Waals surface area contributed by atoms with Crippen LogP contribution in [0.3, 0.4) is 0 Å². The fourth-order valence-corrected chi connectivity index (χ4v) is 2.04. The first-order chi connectivity index (χ1) is 9.52. The molecule has 1 N–H and O–H groups in total. The van der Waals surface area contributed by atoms with Gasteiger partial charge in [0.25, 0.3) is 0 Å². The first-order valence-electron chi connectivity index (χ1n) is 7.53. The number of furan rings is 1. The number of hydrogen-bond acceptors (Lipinski definition) is 4. The summed E-state index contributed by atoms with van der Waals surface area (Å²) >= 11 is 0. The Kier molecular flexibility index (Phi) is 7.88. The Hall–Kier alpha value is -0.840. The summed E-state index contributed by atoms with van der Waals surface area (Å²) in [6.07, 6.45) is 1.86. The third-order valence-corrected chi connectivity index (χ3v) is 3.26. The molecule has 0 amide bonds. The van der Waals surface area contributed by atoms with Gasteiger partial charge in [0.1, 0.15) is 5.76 Å². The summed E-state index contributed by atoms with van der Waals surface area (Å²) in [6, 6.07) is 2.63. The van der Waals surface area contributed by atoms with Gasteiger partial charge in [0.2, 0.25) is 0 Å². The van der Waals surface area contributed by atoms with Gasteiger partial charge in [0.15, 0.2) is 0 Å². The molecular weight excluding hydrogens is 252 g/mol. The van der Waals surface area contributed by atoms with Crippen molar-refractivity contribution >= 4 is 0 Å². The van der Waals surface area contributed by atoms with E-state index in [0.29, 0.717) is 12.0 Å². The molecule has 0 fully saturated rings. The molecule has 20 heavy (non-hydrogen) atoms. The molecule has 0 aliphatic carbocycles. The van der Waals surface area contributed by atoms with E-state index >= 15 is 0 Å². The van der Waals surface area contributed by atoms with Gasteiger partial charge in [-0.05, 0) is 32.4 Å². The van der Waals surface area contributed by atoms with E-state index in [4.69, 9.17) is 9.15 Å². The fraction of sp³-hybridized carbons (Fsp3) is 0.750.